The Bertz CT molecular complexity index is 2020. The number of nitrogens with one attached hydrogen (secondary N) is 2. The van der Waals surface area contributed by atoms with Gasteiger partial charge in [-0.1, -0.05) is 55.5 Å². The van der Waals surface area contributed by atoms with Gasteiger partial charge in [0.25, 0.3) is 5.91 Å². The number of para-hydroxylation sites is 1. The summed E-state index contributed by atoms with van der Waals surface area (Å²) in [6.07, 6.45) is 6.85. The molecule has 290 valence electrons. The standard InChI is InChI=1S/C43H49N3O9/c1-52-39-16-13-28(37-23-40(55-46-37)30-20-31(24-47)35(27-50)32(21-30)25-48)22-41(39)54-18-10-6-4-2-3-5-9-17-53-38-15-14-29(19-33(38)26-49)42-44-36-12-8-7-11-34(36)43(51)45-42/h7-8,11-16,19-23,42,44,47-50H,2-6,9-10,17-18,24-27H2,1H3,(H,45,51). The van der Waals surface area contributed by atoms with E-state index in [2.05, 4.69) is 15.8 Å². The predicted octanol–water partition coefficient (Wildman–Crippen LogP) is 7.03. The van der Waals surface area contributed by atoms with E-state index >= 15 is 0 Å². The number of benzene rings is 4. The first-order valence-corrected chi connectivity index (χ1v) is 18.7. The maximum Gasteiger partial charge on any atom is 0.255 e. The summed E-state index contributed by atoms with van der Waals surface area (Å²) in [5, 5.41) is 49.9. The van der Waals surface area contributed by atoms with Gasteiger partial charge in [0.1, 0.15) is 17.6 Å². The van der Waals surface area contributed by atoms with E-state index in [4.69, 9.17) is 18.7 Å². The molecule has 0 radical (unpaired) electrons. The smallest absolute Gasteiger partial charge is 0.255 e. The van der Waals surface area contributed by atoms with Gasteiger partial charge in [-0.05, 0) is 89.7 Å². The molecule has 1 aliphatic rings. The average molecular weight is 752 g/mol. The van der Waals surface area contributed by atoms with Crippen molar-refractivity contribution in [1.29, 1.82) is 0 Å². The lowest BCUT2D eigenvalue weighted by atomic mass is 9.97. The molecule has 1 amide bonds. The Morgan fingerprint density at radius 3 is 1.98 bits per heavy atom. The molecule has 0 saturated carbocycles. The first-order valence-electron chi connectivity index (χ1n) is 18.7. The number of amides is 1. The number of carbonyl (C=O) groups excluding carboxylic acids is 1. The summed E-state index contributed by atoms with van der Waals surface area (Å²) in [5.41, 5.74) is 6.47. The van der Waals surface area contributed by atoms with Crippen molar-refractivity contribution >= 4 is 11.6 Å². The van der Waals surface area contributed by atoms with Crippen LogP contribution < -0.4 is 24.8 Å². The number of aliphatic hydroxyl groups excluding tert-OH is 4. The van der Waals surface area contributed by atoms with Crippen LogP contribution in [0.4, 0.5) is 5.69 Å². The van der Waals surface area contributed by atoms with E-state index in [1.807, 2.05) is 54.6 Å². The lowest BCUT2D eigenvalue weighted by Gasteiger charge is -2.28. The second-order valence-corrected chi connectivity index (χ2v) is 13.5. The van der Waals surface area contributed by atoms with Crippen molar-refractivity contribution < 1.29 is 44.0 Å². The quantitative estimate of drug-likeness (QED) is 0.0451. The Kier molecular flexibility index (Phi) is 13.8. The molecule has 4 aromatic carbocycles. The van der Waals surface area contributed by atoms with Crippen molar-refractivity contribution in [2.45, 2.75) is 77.5 Å². The number of fused-ring (bicyclic) bond motifs is 1. The molecular formula is C43H49N3O9. The fourth-order valence-electron chi connectivity index (χ4n) is 6.79. The summed E-state index contributed by atoms with van der Waals surface area (Å²) in [6, 6.07) is 23.9. The van der Waals surface area contributed by atoms with Crippen LogP contribution in [0.3, 0.4) is 0 Å². The number of carbonyl (C=O) groups is 1. The van der Waals surface area contributed by atoms with Crippen LogP contribution in [0.5, 0.6) is 17.2 Å². The Balaban J connectivity index is 0.900. The average Bonchev–Trinajstić information content (AvgIpc) is 3.73. The molecule has 0 aliphatic carbocycles. The van der Waals surface area contributed by atoms with Crippen molar-refractivity contribution in [3.8, 4) is 39.8 Å². The molecule has 5 aromatic rings. The van der Waals surface area contributed by atoms with Crippen molar-refractivity contribution in [3.05, 3.63) is 112 Å². The molecule has 0 saturated heterocycles. The van der Waals surface area contributed by atoms with Gasteiger partial charge in [-0.3, -0.25) is 4.79 Å². The van der Waals surface area contributed by atoms with Crippen LogP contribution in [0.2, 0.25) is 0 Å². The second kappa shape index (κ2) is 19.3. The minimum Gasteiger partial charge on any atom is -0.493 e. The largest absolute Gasteiger partial charge is 0.493 e. The van der Waals surface area contributed by atoms with Crippen LogP contribution >= 0.6 is 0 Å². The Morgan fingerprint density at radius 1 is 0.655 bits per heavy atom. The molecule has 12 heteroatoms. The van der Waals surface area contributed by atoms with Crippen LogP contribution in [0.1, 0.15) is 89.3 Å². The van der Waals surface area contributed by atoms with Gasteiger partial charge < -0.3 is 49.8 Å². The van der Waals surface area contributed by atoms with Crippen LogP contribution in [-0.4, -0.2) is 51.8 Å². The third-order valence-corrected chi connectivity index (χ3v) is 9.83. The SMILES string of the molecule is COc1ccc(-c2cc(-c3cc(CO)c(CO)c(CO)c3)on2)cc1OCCCCCCCCCOc1ccc(C2NC(=O)c3ccccc3N2)cc1CO. The number of aliphatic hydroxyl groups is 4. The molecule has 6 N–H and O–H groups in total. The third kappa shape index (κ3) is 9.65. The molecule has 12 nitrogen and oxygen atoms in total. The van der Waals surface area contributed by atoms with E-state index in [1.165, 1.54) is 0 Å². The van der Waals surface area contributed by atoms with Crippen LogP contribution in [-0.2, 0) is 26.4 Å². The van der Waals surface area contributed by atoms with E-state index in [0.717, 1.165) is 61.8 Å². The number of hydrogen-bond acceptors (Lipinski definition) is 11. The van der Waals surface area contributed by atoms with E-state index in [-0.39, 0.29) is 32.3 Å². The molecule has 1 aliphatic heterocycles. The van der Waals surface area contributed by atoms with Crippen molar-refractivity contribution in [2.24, 2.45) is 0 Å². The maximum atomic E-state index is 12.6. The zero-order valence-electron chi connectivity index (χ0n) is 31.1. The number of unbranched alkanes of at least 4 members (excludes halogenated alkanes) is 6. The van der Waals surface area contributed by atoms with E-state index in [9.17, 15) is 25.2 Å². The minimum atomic E-state index is -0.391. The Morgan fingerprint density at radius 2 is 1.31 bits per heavy atom. The highest BCUT2D eigenvalue weighted by atomic mass is 16.5. The molecule has 6 rings (SSSR count). The number of anilines is 1. The summed E-state index contributed by atoms with van der Waals surface area (Å²) < 4.78 is 23.3. The monoisotopic (exact) mass is 751 g/mol. The van der Waals surface area contributed by atoms with Gasteiger partial charge >= 0.3 is 0 Å². The maximum absolute atomic E-state index is 12.6. The number of methoxy groups -OCH3 is 1. The first-order chi connectivity index (χ1) is 27.0. The number of aromatic nitrogens is 1. The molecular weight excluding hydrogens is 702 g/mol. The number of ether oxygens (including phenoxy) is 3. The van der Waals surface area contributed by atoms with Gasteiger partial charge in [-0.15, -0.1) is 0 Å². The van der Waals surface area contributed by atoms with E-state index in [1.54, 1.807) is 31.4 Å². The molecule has 1 unspecified atom stereocenters. The molecule has 1 aromatic heterocycles. The molecule has 1 atom stereocenters. The fraction of sp³-hybridized carbons (Fsp3) is 0.349. The lowest BCUT2D eigenvalue weighted by Crippen LogP contribution is -2.38. The van der Waals surface area contributed by atoms with E-state index in [0.29, 0.717) is 75.3 Å². The van der Waals surface area contributed by atoms with Gasteiger partial charge in [0, 0.05) is 28.4 Å². The molecule has 0 spiro atoms. The van der Waals surface area contributed by atoms with Gasteiger partial charge in [-0.2, -0.15) is 0 Å². The lowest BCUT2D eigenvalue weighted by molar-refractivity contribution is 0.0935. The van der Waals surface area contributed by atoms with Gasteiger partial charge in [-0.25, -0.2) is 0 Å². The van der Waals surface area contributed by atoms with Crippen molar-refractivity contribution in [3.63, 3.8) is 0 Å². The normalized spacial score (nSPS) is 13.5. The summed E-state index contributed by atoms with van der Waals surface area (Å²) >= 11 is 0. The molecule has 0 fully saturated rings. The van der Waals surface area contributed by atoms with Crippen molar-refractivity contribution in [2.75, 3.05) is 25.6 Å². The highest BCUT2D eigenvalue weighted by molar-refractivity contribution is 6.01. The second-order valence-electron chi connectivity index (χ2n) is 13.5. The Labute approximate surface area is 320 Å². The highest BCUT2D eigenvalue weighted by Gasteiger charge is 2.25. The third-order valence-electron chi connectivity index (χ3n) is 9.83. The highest BCUT2D eigenvalue weighted by Crippen LogP contribution is 2.35. The van der Waals surface area contributed by atoms with Crippen LogP contribution in [0.25, 0.3) is 22.6 Å². The zero-order valence-corrected chi connectivity index (χ0v) is 31.1. The topological polar surface area (TPSA) is 176 Å². The van der Waals surface area contributed by atoms with Gasteiger partial charge in [0.05, 0.1) is 52.3 Å². The minimum absolute atomic E-state index is 0.135. The summed E-state index contributed by atoms with van der Waals surface area (Å²) in [7, 11) is 1.60. The van der Waals surface area contributed by atoms with Crippen LogP contribution in [0.15, 0.2) is 83.4 Å². The van der Waals surface area contributed by atoms with Gasteiger partial charge in [0.2, 0.25) is 0 Å². The molecule has 55 heavy (non-hydrogen) atoms. The summed E-state index contributed by atoms with van der Waals surface area (Å²) in [4.78, 5) is 12.6. The predicted molar refractivity (Wildman–Crippen MR) is 208 cm³/mol. The number of rotatable bonds is 20. The number of nitrogens with zero attached hydrogens (tertiary/aromatic N) is 1. The molecule has 2 heterocycles. The van der Waals surface area contributed by atoms with Gasteiger partial charge in [0.15, 0.2) is 17.3 Å². The number of hydrogen-bond donors (Lipinski definition) is 6. The Hall–Kier alpha value is -5.40. The first kappa shape index (κ1) is 39.3. The summed E-state index contributed by atoms with van der Waals surface area (Å²) in [6.45, 7) is 0.106. The van der Waals surface area contributed by atoms with Crippen molar-refractivity contribution in [1.82, 2.24) is 10.5 Å². The van der Waals surface area contributed by atoms with E-state index < -0.39 is 6.17 Å². The zero-order chi connectivity index (χ0) is 38.6. The van der Waals surface area contributed by atoms with Crippen LogP contribution in [0, 0.1) is 0 Å². The summed E-state index contributed by atoms with van der Waals surface area (Å²) in [5.74, 6) is 2.22. The molecule has 0 bridgehead atoms. The fourth-order valence-corrected chi connectivity index (χ4v) is 6.79.